The highest BCUT2D eigenvalue weighted by Gasteiger charge is 2.18. The Bertz CT molecular complexity index is 546. The van der Waals surface area contributed by atoms with E-state index < -0.39 is 0 Å². The number of rotatable bonds is 3. The summed E-state index contributed by atoms with van der Waals surface area (Å²) in [7, 11) is 0. The zero-order valence-electron chi connectivity index (χ0n) is 11.1. The average molecular weight is 274 g/mol. The Morgan fingerprint density at radius 3 is 2.84 bits per heavy atom. The molecule has 0 unspecified atom stereocenters. The van der Waals surface area contributed by atoms with Crippen molar-refractivity contribution in [1.29, 1.82) is 0 Å². The Morgan fingerprint density at radius 1 is 1.21 bits per heavy atom. The number of thioether (sulfide) groups is 1. The molecule has 1 aromatic carbocycles. The Labute approximate surface area is 117 Å². The van der Waals surface area contributed by atoms with E-state index in [2.05, 4.69) is 34.6 Å². The van der Waals surface area contributed by atoms with Crippen LogP contribution in [0, 0.1) is 6.92 Å². The Hall–Kier alpha value is -1.36. The molecule has 1 aromatic heterocycles. The summed E-state index contributed by atoms with van der Waals surface area (Å²) in [6, 6.07) is 8.29. The maximum absolute atomic E-state index is 4.18. The Balaban J connectivity index is 1.81. The predicted octanol–water partition coefficient (Wildman–Crippen LogP) is 3.40. The van der Waals surface area contributed by atoms with Gasteiger partial charge in [0.05, 0.1) is 5.69 Å². The van der Waals surface area contributed by atoms with E-state index in [4.69, 9.17) is 0 Å². The molecule has 2 aromatic rings. The lowest BCUT2D eigenvalue weighted by atomic mass is 10.0. The molecule has 0 atom stereocenters. The molecule has 1 aliphatic rings. The van der Waals surface area contributed by atoms with Crippen molar-refractivity contribution in [3.63, 3.8) is 0 Å². The van der Waals surface area contributed by atoms with Crippen LogP contribution in [0.4, 0.5) is 0 Å². The third-order valence-electron chi connectivity index (χ3n) is 3.51. The van der Waals surface area contributed by atoms with E-state index in [1.165, 1.54) is 37.7 Å². The van der Waals surface area contributed by atoms with Gasteiger partial charge in [-0.2, -0.15) is 4.68 Å². The maximum atomic E-state index is 4.18. The first-order valence-corrected chi connectivity index (χ1v) is 7.73. The SMILES string of the molecule is Cc1cccc(-n2nnnc2SC2CCCCC2)c1. The molecule has 0 saturated heterocycles. The smallest absolute Gasteiger partial charge is 0.187 e. The van der Waals surface area contributed by atoms with Crippen LogP contribution < -0.4 is 0 Å². The standard InChI is InChI=1S/C14H18N4S/c1-11-6-5-7-12(10-11)18-14(15-16-17-18)19-13-8-3-2-4-9-13/h5-7,10,13H,2-4,8-9H2,1H3. The van der Waals surface area contributed by atoms with Crippen molar-refractivity contribution in [3.8, 4) is 5.69 Å². The van der Waals surface area contributed by atoms with Crippen LogP contribution >= 0.6 is 11.8 Å². The lowest BCUT2D eigenvalue weighted by Crippen LogP contribution is -2.10. The first-order valence-electron chi connectivity index (χ1n) is 6.85. The summed E-state index contributed by atoms with van der Waals surface area (Å²) < 4.78 is 1.85. The zero-order chi connectivity index (χ0) is 13.1. The molecule has 100 valence electrons. The number of hydrogen-bond donors (Lipinski definition) is 0. The number of benzene rings is 1. The van der Waals surface area contributed by atoms with Gasteiger partial charge in [-0.25, -0.2) is 0 Å². The van der Waals surface area contributed by atoms with Crippen LogP contribution in [0.5, 0.6) is 0 Å². The van der Waals surface area contributed by atoms with Gasteiger partial charge in [-0.05, 0) is 47.9 Å². The number of nitrogens with zero attached hydrogens (tertiary/aromatic N) is 4. The largest absolute Gasteiger partial charge is 0.214 e. The number of aromatic nitrogens is 4. The summed E-state index contributed by atoms with van der Waals surface area (Å²) in [5.74, 6) is 0. The van der Waals surface area contributed by atoms with Crippen molar-refractivity contribution in [1.82, 2.24) is 20.2 Å². The van der Waals surface area contributed by atoms with E-state index in [-0.39, 0.29) is 0 Å². The second-order valence-electron chi connectivity index (χ2n) is 5.09. The van der Waals surface area contributed by atoms with Crippen LogP contribution in [0.25, 0.3) is 5.69 Å². The van der Waals surface area contributed by atoms with Gasteiger partial charge in [0, 0.05) is 5.25 Å². The first kappa shape index (κ1) is 12.7. The molecule has 3 rings (SSSR count). The highest BCUT2D eigenvalue weighted by Crippen LogP contribution is 2.32. The van der Waals surface area contributed by atoms with Crippen LogP contribution in [-0.4, -0.2) is 25.5 Å². The van der Waals surface area contributed by atoms with Gasteiger partial charge < -0.3 is 0 Å². The van der Waals surface area contributed by atoms with Gasteiger partial charge in [-0.1, -0.05) is 43.2 Å². The average Bonchev–Trinajstić information content (AvgIpc) is 2.88. The molecule has 0 radical (unpaired) electrons. The summed E-state index contributed by atoms with van der Waals surface area (Å²) >= 11 is 1.83. The minimum Gasteiger partial charge on any atom is -0.187 e. The molecule has 1 fully saturated rings. The molecule has 5 heteroatoms. The molecule has 19 heavy (non-hydrogen) atoms. The van der Waals surface area contributed by atoms with E-state index in [9.17, 15) is 0 Å². The van der Waals surface area contributed by atoms with Crippen LogP contribution in [0.1, 0.15) is 37.7 Å². The molecule has 0 amide bonds. The van der Waals surface area contributed by atoms with Crippen LogP contribution in [-0.2, 0) is 0 Å². The van der Waals surface area contributed by atoms with E-state index in [1.807, 2.05) is 28.6 Å². The molecule has 4 nitrogen and oxygen atoms in total. The Kier molecular flexibility index (Phi) is 3.82. The fourth-order valence-electron chi connectivity index (χ4n) is 2.51. The quantitative estimate of drug-likeness (QED) is 0.860. The van der Waals surface area contributed by atoms with Gasteiger partial charge in [0.25, 0.3) is 0 Å². The summed E-state index contributed by atoms with van der Waals surface area (Å²) in [5, 5.41) is 13.7. The van der Waals surface area contributed by atoms with Crippen molar-refractivity contribution in [2.45, 2.75) is 49.4 Å². The summed E-state index contributed by atoms with van der Waals surface area (Å²) in [6.45, 7) is 2.09. The molecule has 0 aliphatic heterocycles. The molecule has 1 heterocycles. The van der Waals surface area contributed by atoms with Crippen LogP contribution in [0.15, 0.2) is 29.4 Å². The molecule has 1 saturated carbocycles. The second kappa shape index (κ2) is 5.74. The van der Waals surface area contributed by atoms with E-state index in [1.54, 1.807) is 0 Å². The van der Waals surface area contributed by atoms with E-state index in [0.29, 0.717) is 5.25 Å². The second-order valence-corrected chi connectivity index (χ2v) is 6.36. The highest BCUT2D eigenvalue weighted by molar-refractivity contribution is 7.99. The molecule has 0 N–H and O–H groups in total. The van der Waals surface area contributed by atoms with Crippen molar-refractivity contribution in [3.05, 3.63) is 29.8 Å². The fraction of sp³-hybridized carbons (Fsp3) is 0.500. The van der Waals surface area contributed by atoms with Gasteiger partial charge in [0.15, 0.2) is 0 Å². The highest BCUT2D eigenvalue weighted by atomic mass is 32.2. The van der Waals surface area contributed by atoms with E-state index in [0.717, 1.165) is 10.8 Å². The third-order valence-corrected chi connectivity index (χ3v) is 4.78. The summed E-state index contributed by atoms with van der Waals surface area (Å²) in [5.41, 5.74) is 2.27. The normalized spacial score (nSPS) is 16.7. The summed E-state index contributed by atoms with van der Waals surface area (Å²) in [4.78, 5) is 0. The van der Waals surface area contributed by atoms with Gasteiger partial charge >= 0.3 is 0 Å². The monoisotopic (exact) mass is 274 g/mol. The van der Waals surface area contributed by atoms with Crippen LogP contribution in [0.3, 0.4) is 0 Å². The fourth-order valence-corrected chi connectivity index (χ4v) is 3.70. The van der Waals surface area contributed by atoms with Crippen molar-refractivity contribution >= 4 is 11.8 Å². The predicted molar refractivity (Wildman–Crippen MR) is 76.6 cm³/mol. The number of hydrogen-bond acceptors (Lipinski definition) is 4. The molecular weight excluding hydrogens is 256 g/mol. The molecular formula is C14H18N4S. The number of tetrazole rings is 1. The van der Waals surface area contributed by atoms with Gasteiger partial charge in [-0.15, -0.1) is 5.10 Å². The maximum Gasteiger partial charge on any atom is 0.214 e. The van der Waals surface area contributed by atoms with Crippen LogP contribution in [0.2, 0.25) is 0 Å². The van der Waals surface area contributed by atoms with Crippen molar-refractivity contribution in [2.75, 3.05) is 0 Å². The molecule has 0 bridgehead atoms. The molecule has 0 spiro atoms. The van der Waals surface area contributed by atoms with Gasteiger partial charge in [-0.3, -0.25) is 0 Å². The zero-order valence-corrected chi connectivity index (χ0v) is 11.9. The third kappa shape index (κ3) is 2.97. The van der Waals surface area contributed by atoms with Crippen molar-refractivity contribution in [2.24, 2.45) is 0 Å². The van der Waals surface area contributed by atoms with Crippen molar-refractivity contribution < 1.29 is 0 Å². The first-order chi connectivity index (χ1) is 9.33. The lowest BCUT2D eigenvalue weighted by Gasteiger charge is -2.20. The topological polar surface area (TPSA) is 43.6 Å². The lowest BCUT2D eigenvalue weighted by molar-refractivity contribution is 0.515. The van der Waals surface area contributed by atoms with E-state index >= 15 is 0 Å². The molecule has 1 aliphatic carbocycles. The minimum absolute atomic E-state index is 0.670. The van der Waals surface area contributed by atoms with Gasteiger partial charge in [0.2, 0.25) is 5.16 Å². The summed E-state index contributed by atoms with van der Waals surface area (Å²) in [6.07, 6.45) is 6.62. The van der Waals surface area contributed by atoms with Gasteiger partial charge in [0.1, 0.15) is 0 Å². The Morgan fingerprint density at radius 2 is 2.05 bits per heavy atom. The number of aryl methyl sites for hydroxylation is 1. The minimum atomic E-state index is 0.670.